The Labute approximate surface area is 178 Å². The number of fused-ring (bicyclic) bond motifs is 1. The van der Waals surface area contributed by atoms with Crippen LogP contribution in [0.4, 0.5) is 15.8 Å². The van der Waals surface area contributed by atoms with Gasteiger partial charge in [0.15, 0.2) is 5.82 Å². The number of nitrogens with one attached hydrogen (secondary N) is 1. The van der Waals surface area contributed by atoms with Crippen LogP contribution in [0.3, 0.4) is 0 Å². The zero-order chi connectivity index (χ0) is 21.7. The number of benzene rings is 1. The summed E-state index contributed by atoms with van der Waals surface area (Å²) in [6, 6.07) is 7.99. The van der Waals surface area contributed by atoms with Crippen molar-refractivity contribution in [3.8, 4) is 0 Å². The second kappa shape index (κ2) is 9.80. The molecule has 1 aromatic carbocycles. The number of pyridine rings is 2. The molecule has 0 saturated carbocycles. The Morgan fingerprint density at radius 3 is 2.83 bits per heavy atom. The molecule has 9 heteroatoms. The lowest BCUT2D eigenvalue weighted by Crippen LogP contribution is -2.10. The summed E-state index contributed by atoms with van der Waals surface area (Å²) in [7, 11) is 1.27. The predicted octanol–water partition coefficient (Wildman–Crippen LogP) is 4.38. The van der Waals surface area contributed by atoms with Gasteiger partial charge in [-0.3, -0.25) is 4.98 Å². The maximum atomic E-state index is 15.0. The van der Waals surface area contributed by atoms with Crippen molar-refractivity contribution in [2.45, 2.75) is 19.4 Å². The van der Waals surface area contributed by atoms with Crippen LogP contribution in [-0.4, -0.2) is 36.2 Å². The Morgan fingerprint density at radius 2 is 2.10 bits per heavy atom. The average Bonchev–Trinajstić information content (AvgIpc) is 2.76. The van der Waals surface area contributed by atoms with Crippen LogP contribution in [-0.2, 0) is 9.47 Å². The summed E-state index contributed by atoms with van der Waals surface area (Å²) in [5.74, 6) is -1.19. The number of hydrogen-bond acceptors (Lipinski definition) is 7. The Hall–Kier alpha value is -2.81. The van der Waals surface area contributed by atoms with E-state index in [1.165, 1.54) is 19.2 Å². The first-order chi connectivity index (χ1) is 14.5. The molecule has 30 heavy (non-hydrogen) atoms. The third-order valence-corrected chi connectivity index (χ3v) is 4.81. The quantitative estimate of drug-likeness (QED) is 0.402. The third-order valence-electron chi connectivity index (χ3n) is 4.52. The normalized spacial score (nSPS) is 12.0. The molecular formula is C21H22ClFN4O3. The first-order valence-electron chi connectivity index (χ1n) is 9.37. The minimum absolute atomic E-state index is 0.0306. The molecule has 0 aliphatic carbocycles. The van der Waals surface area contributed by atoms with E-state index in [1.54, 1.807) is 24.4 Å². The summed E-state index contributed by atoms with van der Waals surface area (Å²) >= 11 is 6.03. The first kappa shape index (κ1) is 21.9. The Bertz CT molecular complexity index is 1060. The molecule has 0 fully saturated rings. The Kier molecular flexibility index (Phi) is 7.15. The molecule has 0 amide bonds. The number of nitrogens with two attached hydrogens (primary N) is 1. The van der Waals surface area contributed by atoms with Crippen LogP contribution in [0.5, 0.6) is 0 Å². The summed E-state index contributed by atoms with van der Waals surface area (Å²) in [6.45, 7) is 2.77. The summed E-state index contributed by atoms with van der Waals surface area (Å²) < 4.78 is 25.5. The second-order valence-corrected chi connectivity index (χ2v) is 6.93. The van der Waals surface area contributed by atoms with E-state index >= 15 is 0 Å². The van der Waals surface area contributed by atoms with Crippen LogP contribution in [0.1, 0.15) is 35.5 Å². The number of carbonyl (C=O) groups is 1. The molecule has 0 bridgehead atoms. The number of anilines is 2. The lowest BCUT2D eigenvalue weighted by atomic mass is 10.1. The van der Waals surface area contributed by atoms with Gasteiger partial charge < -0.3 is 20.5 Å². The van der Waals surface area contributed by atoms with E-state index in [9.17, 15) is 9.18 Å². The summed E-state index contributed by atoms with van der Waals surface area (Å²) in [5.41, 5.74) is 7.76. The molecule has 3 rings (SSSR count). The van der Waals surface area contributed by atoms with Crippen molar-refractivity contribution >= 4 is 40.0 Å². The van der Waals surface area contributed by atoms with Crippen LogP contribution in [0, 0.1) is 5.82 Å². The fraction of sp³-hybridized carbons (Fsp3) is 0.286. The second-order valence-electron chi connectivity index (χ2n) is 6.52. The maximum absolute atomic E-state index is 15.0. The number of ether oxygens (including phenoxy) is 2. The van der Waals surface area contributed by atoms with E-state index in [0.717, 1.165) is 0 Å². The third kappa shape index (κ3) is 4.67. The van der Waals surface area contributed by atoms with Gasteiger partial charge in [0, 0.05) is 18.4 Å². The molecule has 0 aliphatic heterocycles. The molecule has 158 valence electrons. The van der Waals surface area contributed by atoms with Crippen molar-refractivity contribution in [2.24, 2.45) is 5.73 Å². The van der Waals surface area contributed by atoms with Gasteiger partial charge in [-0.1, -0.05) is 17.7 Å². The smallest absolute Gasteiger partial charge is 0.356 e. The summed E-state index contributed by atoms with van der Waals surface area (Å²) in [4.78, 5) is 20.4. The topological polar surface area (TPSA) is 99.4 Å². The molecule has 2 heterocycles. The van der Waals surface area contributed by atoms with Gasteiger partial charge in [-0.2, -0.15) is 0 Å². The van der Waals surface area contributed by atoms with Crippen LogP contribution in [0.25, 0.3) is 11.0 Å². The van der Waals surface area contributed by atoms with Crippen molar-refractivity contribution in [2.75, 3.05) is 25.6 Å². The standard InChI is InChI=1S/C21H22ClFN4O3/c1-12(30-11-3-9-24)13-4-5-14(22)18(23)19(13)26-16-8-10-25-15-6-7-17(21(28)29-2)27-20(15)16/h4-8,10,12H,3,9,11,24H2,1-2H3,(H,25,26)/t12-/m1/s1. The monoisotopic (exact) mass is 432 g/mol. The van der Waals surface area contributed by atoms with E-state index in [4.69, 9.17) is 26.8 Å². The number of rotatable bonds is 8. The predicted molar refractivity (Wildman–Crippen MR) is 114 cm³/mol. The van der Waals surface area contributed by atoms with E-state index in [-0.39, 0.29) is 16.4 Å². The lowest BCUT2D eigenvalue weighted by molar-refractivity contribution is 0.0594. The number of methoxy groups -OCH3 is 1. The highest BCUT2D eigenvalue weighted by atomic mass is 35.5. The van der Waals surface area contributed by atoms with Gasteiger partial charge in [0.2, 0.25) is 0 Å². The minimum atomic E-state index is -0.613. The summed E-state index contributed by atoms with van der Waals surface area (Å²) in [5, 5.41) is 3.03. The zero-order valence-electron chi connectivity index (χ0n) is 16.6. The van der Waals surface area contributed by atoms with Gasteiger partial charge in [-0.15, -0.1) is 0 Å². The van der Waals surface area contributed by atoms with Gasteiger partial charge in [0.1, 0.15) is 11.2 Å². The van der Waals surface area contributed by atoms with Crippen molar-refractivity contribution in [1.82, 2.24) is 9.97 Å². The number of carbonyl (C=O) groups excluding carboxylic acids is 1. The largest absolute Gasteiger partial charge is 0.464 e. The molecular weight excluding hydrogens is 411 g/mol. The number of hydrogen-bond donors (Lipinski definition) is 2. The zero-order valence-corrected chi connectivity index (χ0v) is 17.4. The van der Waals surface area contributed by atoms with Crippen LogP contribution in [0.2, 0.25) is 5.02 Å². The maximum Gasteiger partial charge on any atom is 0.356 e. The first-order valence-corrected chi connectivity index (χ1v) is 9.74. The van der Waals surface area contributed by atoms with Crippen LogP contribution < -0.4 is 11.1 Å². The highest BCUT2D eigenvalue weighted by Crippen LogP contribution is 2.35. The molecule has 0 aliphatic rings. The van der Waals surface area contributed by atoms with Crippen molar-refractivity contribution in [3.05, 3.63) is 58.6 Å². The highest BCUT2D eigenvalue weighted by Gasteiger charge is 2.19. The Morgan fingerprint density at radius 1 is 1.30 bits per heavy atom. The van der Waals surface area contributed by atoms with Gasteiger partial charge in [0.25, 0.3) is 0 Å². The lowest BCUT2D eigenvalue weighted by Gasteiger charge is -2.20. The number of nitrogens with zero attached hydrogens (tertiary/aromatic N) is 2. The fourth-order valence-electron chi connectivity index (χ4n) is 2.94. The number of esters is 1. The molecule has 0 spiro atoms. The fourth-order valence-corrected chi connectivity index (χ4v) is 3.10. The SMILES string of the molecule is COC(=O)c1ccc2nccc(Nc3c([C@@H](C)OCCCN)ccc(Cl)c3F)c2n1. The van der Waals surface area contributed by atoms with Crippen LogP contribution >= 0.6 is 11.6 Å². The highest BCUT2D eigenvalue weighted by molar-refractivity contribution is 6.31. The molecule has 0 radical (unpaired) electrons. The van der Waals surface area contributed by atoms with Crippen LogP contribution in [0.15, 0.2) is 36.5 Å². The van der Waals surface area contributed by atoms with Crippen molar-refractivity contribution in [1.29, 1.82) is 0 Å². The summed E-state index contributed by atoms with van der Waals surface area (Å²) in [6.07, 6.45) is 1.85. The molecule has 2 aromatic heterocycles. The van der Waals surface area contributed by atoms with Crippen molar-refractivity contribution < 1.29 is 18.7 Å². The average molecular weight is 433 g/mol. The number of halogens is 2. The molecule has 0 saturated heterocycles. The van der Waals surface area contributed by atoms with E-state index in [2.05, 4.69) is 15.3 Å². The van der Waals surface area contributed by atoms with Gasteiger partial charge in [-0.05, 0) is 44.2 Å². The molecule has 3 N–H and O–H groups in total. The molecule has 3 aromatic rings. The van der Waals surface area contributed by atoms with E-state index in [1.807, 2.05) is 6.92 Å². The van der Waals surface area contributed by atoms with Gasteiger partial charge in [0.05, 0.1) is 35.1 Å². The number of aromatic nitrogens is 2. The molecule has 7 nitrogen and oxygen atoms in total. The van der Waals surface area contributed by atoms with E-state index in [0.29, 0.717) is 41.9 Å². The minimum Gasteiger partial charge on any atom is -0.464 e. The molecule has 0 unspecified atom stereocenters. The van der Waals surface area contributed by atoms with E-state index < -0.39 is 17.9 Å². The molecule has 1 atom stereocenters. The van der Waals surface area contributed by atoms with Gasteiger partial charge >= 0.3 is 5.97 Å². The Balaban J connectivity index is 2.04. The van der Waals surface area contributed by atoms with Crippen molar-refractivity contribution in [3.63, 3.8) is 0 Å². The van der Waals surface area contributed by atoms with Gasteiger partial charge in [-0.25, -0.2) is 14.2 Å².